The number of hydrogen-bond acceptors (Lipinski definition) is 4. The molecule has 0 saturated heterocycles. The zero-order chi connectivity index (χ0) is 12.3. The molecule has 5 heteroatoms. The lowest BCUT2D eigenvalue weighted by Crippen LogP contribution is -2.11. The summed E-state index contributed by atoms with van der Waals surface area (Å²) in [6.45, 7) is 2.01. The number of rotatable bonds is 4. The van der Waals surface area contributed by atoms with Crippen LogP contribution in [0.3, 0.4) is 0 Å². The van der Waals surface area contributed by atoms with Crippen molar-refractivity contribution < 1.29 is 4.42 Å². The number of nitrogen functional groups attached to an aromatic ring is 1. The van der Waals surface area contributed by atoms with E-state index in [1.807, 2.05) is 25.1 Å². The number of nitrogens with two attached hydrogens (primary N) is 1. The fourth-order valence-corrected chi connectivity index (χ4v) is 2.31. The quantitative estimate of drug-likeness (QED) is 0.494. The van der Waals surface area contributed by atoms with E-state index in [0.717, 1.165) is 16.9 Å². The lowest BCUT2D eigenvalue weighted by Gasteiger charge is -2.06. The number of thioether (sulfide) groups is 1. The summed E-state index contributed by atoms with van der Waals surface area (Å²) in [5.74, 6) is 0.893. The van der Waals surface area contributed by atoms with Crippen LogP contribution in [0.4, 0.5) is 0 Å². The maximum Gasteiger partial charge on any atom is 0.255 e. The van der Waals surface area contributed by atoms with Gasteiger partial charge in [-0.05, 0) is 24.1 Å². The molecule has 0 spiro atoms. The van der Waals surface area contributed by atoms with Crippen molar-refractivity contribution in [3.05, 3.63) is 47.3 Å². The number of nitrogens with zero attached hydrogens (tertiary/aromatic N) is 1. The Kier molecular flexibility index (Phi) is 3.49. The SMILES string of the molecule is Cc1cc(C(=N)N)ccc1CSc1ncco1. The summed E-state index contributed by atoms with van der Waals surface area (Å²) < 4.78 is 5.15. The van der Waals surface area contributed by atoms with Gasteiger partial charge >= 0.3 is 0 Å². The minimum absolute atomic E-state index is 0.0972. The summed E-state index contributed by atoms with van der Waals surface area (Å²) in [7, 11) is 0. The average molecular weight is 247 g/mol. The van der Waals surface area contributed by atoms with Gasteiger partial charge in [0.25, 0.3) is 5.22 Å². The highest BCUT2D eigenvalue weighted by Crippen LogP contribution is 2.23. The van der Waals surface area contributed by atoms with Crippen molar-refractivity contribution in [3.63, 3.8) is 0 Å². The zero-order valence-electron chi connectivity index (χ0n) is 9.43. The molecule has 88 valence electrons. The average Bonchev–Trinajstić information content (AvgIpc) is 2.80. The summed E-state index contributed by atoms with van der Waals surface area (Å²) in [6, 6.07) is 5.77. The molecule has 1 aromatic heterocycles. The highest BCUT2D eigenvalue weighted by molar-refractivity contribution is 7.98. The van der Waals surface area contributed by atoms with Crippen molar-refractivity contribution >= 4 is 17.6 Å². The first-order valence-corrected chi connectivity index (χ1v) is 6.11. The largest absolute Gasteiger partial charge is 0.440 e. The molecule has 0 radical (unpaired) electrons. The van der Waals surface area contributed by atoms with Crippen LogP contribution < -0.4 is 5.73 Å². The molecule has 0 saturated carbocycles. The normalized spacial score (nSPS) is 10.4. The van der Waals surface area contributed by atoms with Crippen LogP contribution in [-0.2, 0) is 5.75 Å². The maximum atomic E-state index is 7.37. The van der Waals surface area contributed by atoms with Crippen molar-refractivity contribution in [3.8, 4) is 0 Å². The van der Waals surface area contributed by atoms with Crippen LogP contribution >= 0.6 is 11.8 Å². The van der Waals surface area contributed by atoms with Gasteiger partial charge in [0.1, 0.15) is 12.1 Å². The molecule has 0 aliphatic heterocycles. The lowest BCUT2D eigenvalue weighted by molar-refractivity contribution is 0.454. The molecule has 1 aromatic carbocycles. The maximum absolute atomic E-state index is 7.37. The smallest absolute Gasteiger partial charge is 0.255 e. The van der Waals surface area contributed by atoms with Gasteiger partial charge in [0.2, 0.25) is 0 Å². The third-order valence-corrected chi connectivity index (χ3v) is 3.32. The van der Waals surface area contributed by atoms with Crippen molar-refractivity contribution in [1.29, 1.82) is 5.41 Å². The molecule has 4 nitrogen and oxygen atoms in total. The van der Waals surface area contributed by atoms with Crippen LogP contribution in [-0.4, -0.2) is 10.8 Å². The van der Waals surface area contributed by atoms with E-state index < -0.39 is 0 Å². The number of benzene rings is 1. The topological polar surface area (TPSA) is 75.9 Å². The van der Waals surface area contributed by atoms with Gasteiger partial charge in [0, 0.05) is 11.3 Å². The van der Waals surface area contributed by atoms with Gasteiger partial charge in [-0.1, -0.05) is 23.9 Å². The third-order valence-electron chi connectivity index (χ3n) is 2.41. The molecule has 0 aliphatic rings. The Morgan fingerprint density at radius 2 is 2.35 bits per heavy atom. The highest BCUT2D eigenvalue weighted by Gasteiger charge is 2.04. The minimum Gasteiger partial charge on any atom is -0.440 e. The number of oxazole rings is 1. The molecule has 2 aromatic rings. The summed E-state index contributed by atoms with van der Waals surface area (Å²) >= 11 is 1.55. The predicted octanol–water partition coefficient (Wildman–Crippen LogP) is 2.56. The summed E-state index contributed by atoms with van der Waals surface area (Å²) in [5, 5.41) is 8.03. The molecule has 3 N–H and O–H groups in total. The van der Waals surface area contributed by atoms with Crippen molar-refractivity contribution in [2.75, 3.05) is 0 Å². The standard InChI is InChI=1S/C12H13N3OS/c1-8-6-9(11(13)14)2-3-10(8)7-17-12-15-4-5-16-12/h2-6H,7H2,1H3,(H3,13,14). The summed E-state index contributed by atoms with van der Waals surface area (Å²) in [5.41, 5.74) is 8.51. The Labute approximate surface area is 104 Å². The van der Waals surface area contributed by atoms with Crippen LogP contribution in [0.25, 0.3) is 0 Å². The van der Waals surface area contributed by atoms with Crippen molar-refractivity contribution in [2.24, 2.45) is 5.73 Å². The van der Waals surface area contributed by atoms with E-state index in [9.17, 15) is 0 Å². The van der Waals surface area contributed by atoms with E-state index in [4.69, 9.17) is 15.6 Å². The van der Waals surface area contributed by atoms with Gasteiger partial charge in [-0.2, -0.15) is 0 Å². The molecule has 0 aliphatic carbocycles. The molecule has 0 fully saturated rings. The summed E-state index contributed by atoms with van der Waals surface area (Å²) in [6.07, 6.45) is 3.20. The zero-order valence-corrected chi connectivity index (χ0v) is 10.3. The molecule has 0 atom stereocenters. The molecular weight excluding hydrogens is 234 g/mol. The fourth-order valence-electron chi connectivity index (χ4n) is 1.45. The second kappa shape index (κ2) is 5.05. The molecule has 2 rings (SSSR count). The third kappa shape index (κ3) is 2.88. The first-order chi connectivity index (χ1) is 8.16. The van der Waals surface area contributed by atoms with Gasteiger partial charge in [-0.15, -0.1) is 0 Å². The van der Waals surface area contributed by atoms with E-state index >= 15 is 0 Å². The van der Waals surface area contributed by atoms with Gasteiger partial charge in [-0.3, -0.25) is 5.41 Å². The Bertz CT molecular complexity index is 523. The first kappa shape index (κ1) is 11.7. The van der Waals surface area contributed by atoms with E-state index in [1.54, 1.807) is 24.2 Å². The van der Waals surface area contributed by atoms with E-state index in [-0.39, 0.29) is 5.84 Å². The number of amidine groups is 1. The molecule has 0 bridgehead atoms. The van der Waals surface area contributed by atoms with Crippen molar-refractivity contribution in [2.45, 2.75) is 17.9 Å². The molecule has 0 amide bonds. The molecule has 17 heavy (non-hydrogen) atoms. The lowest BCUT2D eigenvalue weighted by atomic mass is 10.1. The van der Waals surface area contributed by atoms with Crippen LogP contribution in [0.5, 0.6) is 0 Å². The van der Waals surface area contributed by atoms with Crippen molar-refractivity contribution in [1.82, 2.24) is 4.98 Å². The number of nitrogens with one attached hydrogen (secondary N) is 1. The van der Waals surface area contributed by atoms with E-state index in [0.29, 0.717) is 5.22 Å². The second-order valence-electron chi connectivity index (χ2n) is 3.64. The monoisotopic (exact) mass is 247 g/mol. The van der Waals surface area contributed by atoms with Crippen LogP contribution in [0.1, 0.15) is 16.7 Å². The van der Waals surface area contributed by atoms with Gasteiger partial charge in [0.15, 0.2) is 0 Å². The van der Waals surface area contributed by atoms with Crippen LogP contribution in [0, 0.1) is 12.3 Å². The Morgan fingerprint density at radius 3 is 2.94 bits per heavy atom. The Balaban J connectivity index is 2.09. The number of aromatic nitrogens is 1. The highest BCUT2D eigenvalue weighted by atomic mass is 32.2. The minimum atomic E-state index is 0.0972. The van der Waals surface area contributed by atoms with E-state index in [2.05, 4.69) is 4.98 Å². The molecule has 1 heterocycles. The van der Waals surface area contributed by atoms with E-state index in [1.165, 1.54) is 5.56 Å². The Hall–Kier alpha value is -1.75. The Morgan fingerprint density at radius 1 is 1.53 bits per heavy atom. The molecule has 0 unspecified atom stereocenters. The molecular formula is C12H13N3OS. The fraction of sp³-hybridized carbons (Fsp3) is 0.167. The first-order valence-electron chi connectivity index (χ1n) is 5.13. The second-order valence-corrected chi connectivity index (χ2v) is 4.57. The number of hydrogen-bond donors (Lipinski definition) is 2. The summed E-state index contributed by atoms with van der Waals surface area (Å²) in [4.78, 5) is 4.05. The number of aryl methyl sites for hydroxylation is 1. The van der Waals surface area contributed by atoms with Gasteiger partial charge in [0.05, 0.1) is 6.20 Å². The van der Waals surface area contributed by atoms with Gasteiger partial charge < -0.3 is 10.2 Å². The van der Waals surface area contributed by atoms with Crippen LogP contribution in [0.15, 0.2) is 40.3 Å². The van der Waals surface area contributed by atoms with Gasteiger partial charge in [-0.25, -0.2) is 4.98 Å². The predicted molar refractivity (Wildman–Crippen MR) is 68.3 cm³/mol. The van der Waals surface area contributed by atoms with Crippen LogP contribution in [0.2, 0.25) is 0 Å².